The van der Waals surface area contributed by atoms with Gasteiger partial charge in [0.2, 0.25) is 11.8 Å². The van der Waals surface area contributed by atoms with E-state index in [0.29, 0.717) is 16.5 Å². The van der Waals surface area contributed by atoms with Crippen molar-refractivity contribution < 1.29 is 24.4 Å². The predicted molar refractivity (Wildman–Crippen MR) is 90.3 cm³/mol. The number of hydrogen-bond donors (Lipinski definition) is 5. The summed E-state index contributed by atoms with van der Waals surface area (Å²) in [6.45, 7) is -0.920. The summed E-state index contributed by atoms with van der Waals surface area (Å²) in [5.74, 6) is -2.47. The van der Waals surface area contributed by atoms with Crippen LogP contribution in [0.2, 0.25) is 0 Å². The second kappa shape index (κ2) is 8.07. The molecule has 26 heavy (non-hydrogen) atoms. The normalized spacial score (nSPS) is 11.7. The summed E-state index contributed by atoms with van der Waals surface area (Å²) >= 11 is 0. The number of carboxylic acid groups (broad SMARTS) is 1. The zero-order valence-corrected chi connectivity index (χ0v) is 13.5. The van der Waals surface area contributed by atoms with Gasteiger partial charge in [-0.3, -0.25) is 24.5 Å². The van der Waals surface area contributed by atoms with Crippen molar-refractivity contribution in [1.29, 1.82) is 0 Å². The Hall–Kier alpha value is -3.47. The molecule has 1 heterocycles. The van der Waals surface area contributed by atoms with Crippen LogP contribution >= 0.6 is 0 Å². The van der Waals surface area contributed by atoms with E-state index in [0.717, 1.165) is 0 Å². The summed E-state index contributed by atoms with van der Waals surface area (Å²) in [5, 5.41) is 24.8. The molecular weight excluding hydrogens is 346 g/mol. The first-order valence-corrected chi connectivity index (χ1v) is 7.55. The number of nitrogens with zero attached hydrogens (tertiary/aromatic N) is 1. The fourth-order valence-electron chi connectivity index (χ4n) is 2.43. The number of aromatic amines is 1. The molecule has 2 amide bonds. The van der Waals surface area contributed by atoms with Gasteiger partial charge >= 0.3 is 5.97 Å². The molecule has 0 saturated carbocycles. The number of aliphatic carboxylic acids is 1. The number of nitro groups is 1. The van der Waals surface area contributed by atoms with Gasteiger partial charge in [-0.05, 0) is 11.6 Å². The van der Waals surface area contributed by atoms with Crippen LogP contribution in [0.5, 0.6) is 0 Å². The lowest BCUT2D eigenvalue weighted by molar-refractivity contribution is -0.384. The lowest BCUT2D eigenvalue weighted by Crippen LogP contribution is -2.50. The highest BCUT2D eigenvalue weighted by Crippen LogP contribution is 2.24. The molecule has 0 aliphatic carbocycles. The molecule has 1 aromatic heterocycles. The Morgan fingerprint density at radius 2 is 2.08 bits per heavy atom. The number of carbonyl (C=O) groups is 3. The van der Waals surface area contributed by atoms with Gasteiger partial charge in [-0.1, -0.05) is 0 Å². The van der Waals surface area contributed by atoms with Gasteiger partial charge in [0.05, 0.1) is 17.0 Å². The van der Waals surface area contributed by atoms with E-state index in [-0.39, 0.29) is 18.7 Å². The van der Waals surface area contributed by atoms with Crippen LogP contribution in [-0.2, 0) is 20.8 Å². The van der Waals surface area contributed by atoms with Gasteiger partial charge in [-0.2, -0.15) is 0 Å². The van der Waals surface area contributed by atoms with Crippen LogP contribution in [0.15, 0.2) is 24.4 Å². The fraction of sp³-hybridized carbons (Fsp3) is 0.267. The first-order valence-electron chi connectivity index (χ1n) is 7.55. The molecule has 0 bridgehead atoms. The minimum absolute atomic E-state index is 0.0506. The van der Waals surface area contributed by atoms with Gasteiger partial charge in [0.25, 0.3) is 5.69 Å². The number of fused-ring (bicyclic) bond motifs is 1. The molecule has 11 nitrogen and oxygen atoms in total. The van der Waals surface area contributed by atoms with E-state index in [1.54, 1.807) is 6.20 Å². The van der Waals surface area contributed by atoms with Crippen molar-refractivity contribution >= 4 is 34.4 Å². The van der Waals surface area contributed by atoms with Crippen molar-refractivity contribution in [2.75, 3.05) is 13.1 Å². The van der Waals surface area contributed by atoms with Crippen molar-refractivity contribution in [1.82, 2.24) is 15.6 Å². The molecule has 0 saturated heterocycles. The summed E-state index contributed by atoms with van der Waals surface area (Å²) < 4.78 is 0. The molecule has 6 N–H and O–H groups in total. The van der Waals surface area contributed by atoms with Crippen LogP contribution in [0, 0.1) is 10.1 Å². The van der Waals surface area contributed by atoms with Crippen LogP contribution < -0.4 is 16.4 Å². The summed E-state index contributed by atoms with van der Waals surface area (Å²) in [6.07, 6.45) is 1.62. The molecule has 1 atom stereocenters. The number of carbonyl (C=O) groups excluding carboxylic acids is 2. The third-order valence-electron chi connectivity index (χ3n) is 3.64. The summed E-state index contributed by atoms with van der Waals surface area (Å²) in [6, 6.07) is 3.18. The van der Waals surface area contributed by atoms with E-state index in [9.17, 15) is 24.5 Å². The first-order chi connectivity index (χ1) is 12.3. The van der Waals surface area contributed by atoms with Gasteiger partial charge in [0, 0.05) is 30.1 Å². The van der Waals surface area contributed by atoms with Crippen molar-refractivity contribution in [3.63, 3.8) is 0 Å². The van der Waals surface area contributed by atoms with Crippen LogP contribution in [0.25, 0.3) is 10.9 Å². The monoisotopic (exact) mass is 363 g/mol. The van der Waals surface area contributed by atoms with E-state index < -0.39 is 35.3 Å². The average molecular weight is 363 g/mol. The third kappa shape index (κ3) is 4.54. The Kier molecular flexibility index (Phi) is 5.86. The van der Waals surface area contributed by atoms with Crippen LogP contribution in [-0.4, -0.2) is 51.9 Å². The first kappa shape index (κ1) is 18.9. The Morgan fingerprint density at radius 1 is 1.35 bits per heavy atom. The quantitative estimate of drug-likeness (QED) is 0.302. The highest BCUT2D eigenvalue weighted by molar-refractivity contribution is 5.91. The van der Waals surface area contributed by atoms with E-state index >= 15 is 0 Å². The minimum Gasteiger partial charge on any atom is -0.480 e. The number of amides is 2. The average Bonchev–Trinajstić information content (AvgIpc) is 3.00. The van der Waals surface area contributed by atoms with E-state index in [4.69, 9.17) is 10.8 Å². The highest BCUT2D eigenvalue weighted by Gasteiger charge is 2.23. The number of aromatic nitrogens is 1. The molecule has 11 heteroatoms. The topological polar surface area (TPSA) is 180 Å². The molecule has 138 valence electrons. The molecule has 0 aliphatic heterocycles. The standard InChI is InChI=1S/C15H17N5O6/c16-5-13(21)19-12(15(24)18-7-14(22)23)3-8-6-17-11-4-9(20(25)26)1-2-10(8)11/h1-2,4,6,12,17H,3,5,7,16H2,(H,18,24)(H,19,21)(H,22,23)/t12-/m0/s1. The highest BCUT2D eigenvalue weighted by atomic mass is 16.6. The summed E-state index contributed by atoms with van der Waals surface area (Å²) in [4.78, 5) is 47.5. The van der Waals surface area contributed by atoms with Crippen molar-refractivity contribution in [3.8, 4) is 0 Å². The van der Waals surface area contributed by atoms with Crippen molar-refractivity contribution in [2.45, 2.75) is 12.5 Å². The molecule has 0 unspecified atom stereocenters. The fourth-order valence-corrected chi connectivity index (χ4v) is 2.43. The Labute approximate surface area is 146 Å². The second-order valence-electron chi connectivity index (χ2n) is 5.44. The van der Waals surface area contributed by atoms with Gasteiger partial charge in [-0.15, -0.1) is 0 Å². The van der Waals surface area contributed by atoms with E-state index in [2.05, 4.69) is 15.6 Å². The number of rotatable bonds is 8. The number of carboxylic acids is 1. The Morgan fingerprint density at radius 3 is 2.69 bits per heavy atom. The number of nitro benzene ring substituents is 1. The molecular formula is C15H17N5O6. The van der Waals surface area contributed by atoms with Crippen molar-refractivity contribution in [3.05, 3.63) is 40.1 Å². The molecule has 0 aliphatic rings. The number of nitrogens with one attached hydrogen (secondary N) is 3. The number of nitrogens with two attached hydrogens (primary N) is 1. The second-order valence-corrected chi connectivity index (χ2v) is 5.44. The molecule has 1 aromatic carbocycles. The van der Waals surface area contributed by atoms with Gasteiger partial charge in [0.15, 0.2) is 0 Å². The van der Waals surface area contributed by atoms with Gasteiger partial charge < -0.3 is 26.5 Å². The minimum atomic E-state index is -1.22. The molecule has 0 spiro atoms. The van der Waals surface area contributed by atoms with Crippen molar-refractivity contribution in [2.24, 2.45) is 5.73 Å². The molecule has 2 aromatic rings. The van der Waals surface area contributed by atoms with Gasteiger partial charge in [-0.25, -0.2) is 0 Å². The largest absolute Gasteiger partial charge is 0.480 e. The smallest absolute Gasteiger partial charge is 0.322 e. The van der Waals surface area contributed by atoms with Crippen LogP contribution in [0.1, 0.15) is 5.56 Å². The van der Waals surface area contributed by atoms with E-state index in [1.807, 2.05) is 0 Å². The number of benzene rings is 1. The Balaban J connectivity index is 2.25. The van der Waals surface area contributed by atoms with Gasteiger partial charge in [0.1, 0.15) is 12.6 Å². The summed E-state index contributed by atoms with van der Waals surface area (Å²) in [7, 11) is 0. The lowest BCUT2D eigenvalue weighted by Gasteiger charge is -2.17. The lowest BCUT2D eigenvalue weighted by atomic mass is 10.0. The number of H-pyrrole nitrogens is 1. The summed E-state index contributed by atoms with van der Waals surface area (Å²) in [5.41, 5.74) is 6.29. The maximum absolute atomic E-state index is 12.2. The third-order valence-corrected chi connectivity index (χ3v) is 3.64. The molecule has 0 fully saturated rings. The van der Waals surface area contributed by atoms with Crippen LogP contribution in [0.3, 0.4) is 0 Å². The van der Waals surface area contributed by atoms with Crippen LogP contribution in [0.4, 0.5) is 5.69 Å². The number of hydrogen-bond acceptors (Lipinski definition) is 6. The molecule has 0 radical (unpaired) electrons. The van der Waals surface area contributed by atoms with E-state index in [1.165, 1.54) is 18.2 Å². The maximum atomic E-state index is 12.2. The zero-order valence-electron chi connectivity index (χ0n) is 13.5. The Bertz CT molecular complexity index is 861. The predicted octanol–water partition coefficient (Wildman–Crippen LogP) is -0.737. The zero-order chi connectivity index (χ0) is 19.3. The maximum Gasteiger partial charge on any atom is 0.322 e. The number of non-ortho nitro benzene ring substituents is 1. The SMILES string of the molecule is NCC(=O)N[C@@H](Cc1c[nH]c2cc([N+](=O)[O-])ccc12)C(=O)NCC(=O)O. The molecule has 2 rings (SSSR count).